The smallest absolute Gasteiger partial charge is 0.222 e. The quantitative estimate of drug-likeness (QED) is 0.381. The van der Waals surface area contributed by atoms with Crippen molar-refractivity contribution in [2.75, 3.05) is 31.1 Å². The van der Waals surface area contributed by atoms with E-state index in [-0.39, 0.29) is 17.1 Å². The van der Waals surface area contributed by atoms with Crippen molar-refractivity contribution in [3.05, 3.63) is 77.2 Å². The summed E-state index contributed by atoms with van der Waals surface area (Å²) in [7, 11) is 0. The van der Waals surface area contributed by atoms with Crippen molar-refractivity contribution in [1.29, 1.82) is 0 Å². The zero-order valence-electron chi connectivity index (χ0n) is 22.8. The van der Waals surface area contributed by atoms with Crippen molar-refractivity contribution < 1.29 is 9.18 Å². The minimum Gasteiger partial charge on any atom is -0.353 e. The Labute approximate surface area is 220 Å². The van der Waals surface area contributed by atoms with Crippen LogP contribution in [0.3, 0.4) is 0 Å². The van der Waals surface area contributed by atoms with Crippen molar-refractivity contribution >= 4 is 11.7 Å². The Hall–Kier alpha value is -3.28. The van der Waals surface area contributed by atoms with Crippen LogP contribution in [0.1, 0.15) is 57.4 Å². The number of aromatic nitrogens is 2. The van der Waals surface area contributed by atoms with Crippen molar-refractivity contribution in [2.24, 2.45) is 11.3 Å². The molecule has 3 aromatic rings. The maximum atomic E-state index is 14.0. The van der Waals surface area contributed by atoms with Crippen LogP contribution in [0.5, 0.6) is 0 Å². The lowest BCUT2D eigenvalue weighted by atomic mass is 9.84. The summed E-state index contributed by atoms with van der Waals surface area (Å²) in [5.41, 5.74) is 4.04. The number of nitrogens with zero attached hydrogens (tertiary/aromatic N) is 4. The van der Waals surface area contributed by atoms with Crippen molar-refractivity contribution in [1.82, 2.24) is 14.9 Å². The molecule has 196 valence electrons. The van der Waals surface area contributed by atoms with Gasteiger partial charge in [-0.05, 0) is 42.4 Å². The molecule has 6 heteroatoms. The van der Waals surface area contributed by atoms with Crippen LogP contribution in [0, 0.1) is 24.1 Å². The molecule has 1 aliphatic heterocycles. The highest BCUT2D eigenvalue weighted by Crippen LogP contribution is 2.30. The number of halogens is 1. The van der Waals surface area contributed by atoms with Gasteiger partial charge < -0.3 is 9.80 Å². The van der Waals surface area contributed by atoms with Gasteiger partial charge in [-0.3, -0.25) is 4.79 Å². The van der Waals surface area contributed by atoms with E-state index >= 15 is 0 Å². The summed E-state index contributed by atoms with van der Waals surface area (Å²) in [4.78, 5) is 27.0. The molecule has 0 aliphatic carbocycles. The molecule has 0 bridgehead atoms. The molecule has 1 aliphatic rings. The molecule has 5 nitrogen and oxygen atoms in total. The minimum atomic E-state index is -0.304. The summed E-state index contributed by atoms with van der Waals surface area (Å²) >= 11 is 0. The Balaban J connectivity index is 1.56. The molecule has 1 saturated heterocycles. The van der Waals surface area contributed by atoms with E-state index in [1.54, 1.807) is 6.07 Å². The van der Waals surface area contributed by atoms with Gasteiger partial charge >= 0.3 is 0 Å². The van der Waals surface area contributed by atoms with Crippen LogP contribution in [-0.4, -0.2) is 47.0 Å². The maximum Gasteiger partial charge on any atom is 0.222 e. The molecule has 0 saturated carbocycles. The van der Waals surface area contributed by atoms with Crippen molar-refractivity contribution in [3.8, 4) is 11.4 Å². The summed E-state index contributed by atoms with van der Waals surface area (Å²) in [5, 5.41) is 0. The number of hydrogen-bond acceptors (Lipinski definition) is 4. The molecule has 2 aromatic carbocycles. The molecular weight excluding hydrogens is 463 g/mol. The summed E-state index contributed by atoms with van der Waals surface area (Å²) in [6.45, 7) is 13.6. The number of carbonyl (C=O) groups excluding carboxylic acids is 1. The number of piperazine rings is 1. The summed E-state index contributed by atoms with van der Waals surface area (Å²) < 4.78 is 14.0. The molecule has 1 fully saturated rings. The number of hydrogen-bond donors (Lipinski definition) is 0. The Morgan fingerprint density at radius 3 is 2.35 bits per heavy atom. The Kier molecular flexibility index (Phi) is 8.25. The standard InChI is InChI=1S/C31H39FN4O/c1-22(21-31(3,4)5)18-28(37)35-14-16-36(17-15-35)30-27(19-24-10-7-6-8-11-24)23(2)33-29(34-30)25-12-9-13-26(32)20-25/h6-13,20,22H,14-19,21H2,1-5H3. The molecule has 1 amide bonds. The number of aryl methyl sites for hydroxylation is 1. The third kappa shape index (κ3) is 7.15. The lowest BCUT2D eigenvalue weighted by Gasteiger charge is -2.37. The van der Waals surface area contributed by atoms with E-state index in [0.717, 1.165) is 29.9 Å². The van der Waals surface area contributed by atoms with Gasteiger partial charge in [0.15, 0.2) is 5.82 Å². The summed E-state index contributed by atoms with van der Waals surface area (Å²) in [5.74, 6) is 1.70. The first-order valence-electron chi connectivity index (χ1n) is 13.3. The molecule has 0 radical (unpaired) electrons. The van der Waals surface area contributed by atoms with Crippen molar-refractivity contribution in [3.63, 3.8) is 0 Å². The van der Waals surface area contributed by atoms with Crippen LogP contribution in [0.25, 0.3) is 11.4 Å². The Morgan fingerprint density at radius 1 is 1.00 bits per heavy atom. The van der Waals surface area contributed by atoms with Gasteiger partial charge in [0.25, 0.3) is 0 Å². The summed E-state index contributed by atoms with van der Waals surface area (Å²) in [6.07, 6.45) is 2.34. The second kappa shape index (κ2) is 11.4. The van der Waals surface area contributed by atoms with Crippen LogP contribution in [0.15, 0.2) is 54.6 Å². The third-order valence-corrected chi connectivity index (χ3v) is 6.91. The highest BCUT2D eigenvalue weighted by molar-refractivity contribution is 5.76. The fraction of sp³-hybridized carbons (Fsp3) is 0.452. The van der Waals surface area contributed by atoms with E-state index in [1.807, 2.05) is 36.1 Å². The van der Waals surface area contributed by atoms with Crippen LogP contribution in [-0.2, 0) is 11.2 Å². The first-order chi connectivity index (χ1) is 17.6. The van der Waals surface area contributed by atoms with E-state index in [1.165, 1.54) is 17.7 Å². The molecular formula is C31H39FN4O. The molecule has 4 rings (SSSR count). The maximum absolute atomic E-state index is 14.0. The van der Waals surface area contributed by atoms with Gasteiger partial charge in [-0.2, -0.15) is 0 Å². The number of rotatable bonds is 7. The van der Waals surface area contributed by atoms with Crippen LogP contribution in [0.4, 0.5) is 10.2 Å². The molecule has 1 unspecified atom stereocenters. The lowest BCUT2D eigenvalue weighted by Crippen LogP contribution is -2.49. The van der Waals surface area contributed by atoms with Gasteiger partial charge in [0, 0.05) is 55.8 Å². The average molecular weight is 503 g/mol. The third-order valence-electron chi connectivity index (χ3n) is 6.91. The van der Waals surface area contributed by atoms with Crippen molar-refractivity contribution in [2.45, 2.75) is 53.9 Å². The van der Waals surface area contributed by atoms with Crippen LogP contribution in [0.2, 0.25) is 0 Å². The van der Waals surface area contributed by atoms with Gasteiger partial charge in [-0.25, -0.2) is 14.4 Å². The molecule has 0 spiro atoms. The first kappa shape index (κ1) is 26.8. The molecule has 37 heavy (non-hydrogen) atoms. The minimum absolute atomic E-state index is 0.220. The fourth-order valence-corrected chi connectivity index (χ4v) is 5.32. The average Bonchev–Trinajstić information content (AvgIpc) is 2.84. The molecule has 1 atom stereocenters. The second-order valence-corrected chi connectivity index (χ2v) is 11.5. The molecule has 1 aromatic heterocycles. The molecule has 2 heterocycles. The zero-order chi connectivity index (χ0) is 26.6. The lowest BCUT2D eigenvalue weighted by molar-refractivity contribution is -0.132. The zero-order valence-corrected chi connectivity index (χ0v) is 22.8. The van der Waals surface area contributed by atoms with E-state index in [9.17, 15) is 9.18 Å². The monoisotopic (exact) mass is 502 g/mol. The topological polar surface area (TPSA) is 49.3 Å². The normalized spacial score (nSPS) is 15.1. The van der Waals surface area contributed by atoms with Crippen LogP contribution >= 0.6 is 0 Å². The molecule has 0 N–H and O–H groups in total. The summed E-state index contributed by atoms with van der Waals surface area (Å²) in [6, 6.07) is 16.7. The van der Waals surface area contributed by atoms with E-state index in [4.69, 9.17) is 9.97 Å². The highest BCUT2D eigenvalue weighted by atomic mass is 19.1. The van der Waals surface area contributed by atoms with Gasteiger partial charge in [0.2, 0.25) is 5.91 Å². The Bertz CT molecular complexity index is 1210. The van der Waals surface area contributed by atoms with Gasteiger partial charge in [0.1, 0.15) is 11.6 Å². The number of amides is 1. The fourth-order valence-electron chi connectivity index (χ4n) is 5.32. The van der Waals surface area contributed by atoms with Gasteiger partial charge in [-0.15, -0.1) is 0 Å². The number of carbonyl (C=O) groups is 1. The van der Waals surface area contributed by atoms with E-state index < -0.39 is 0 Å². The number of anilines is 1. The highest BCUT2D eigenvalue weighted by Gasteiger charge is 2.27. The van der Waals surface area contributed by atoms with Gasteiger partial charge in [-0.1, -0.05) is 70.2 Å². The second-order valence-electron chi connectivity index (χ2n) is 11.5. The number of benzene rings is 2. The van der Waals surface area contributed by atoms with E-state index in [2.05, 4.69) is 44.7 Å². The first-order valence-corrected chi connectivity index (χ1v) is 13.3. The SMILES string of the molecule is Cc1nc(-c2cccc(F)c2)nc(N2CCN(C(=O)CC(C)CC(C)(C)C)CC2)c1Cc1ccccc1. The predicted molar refractivity (Wildman–Crippen MR) is 148 cm³/mol. The largest absolute Gasteiger partial charge is 0.353 e. The van der Waals surface area contributed by atoms with Crippen LogP contribution < -0.4 is 4.90 Å². The van der Waals surface area contributed by atoms with E-state index in [0.29, 0.717) is 49.9 Å². The predicted octanol–water partition coefficient (Wildman–Crippen LogP) is 6.29. The van der Waals surface area contributed by atoms with Gasteiger partial charge in [0.05, 0.1) is 0 Å². The Morgan fingerprint density at radius 2 is 1.70 bits per heavy atom.